The second-order valence-corrected chi connectivity index (χ2v) is 8.97. The van der Waals surface area contributed by atoms with Gasteiger partial charge in [-0.25, -0.2) is 4.68 Å². The van der Waals surface area contributed by atoms with Crippen LogP contribution >= 0.6 is 11.6 Å². The van der Waals surface area contributed by atoms with Crippen molar-refractivity contribution in [3.8, 4) is 5.69 Å². The maximum atomic E-state index is 6.54. The molecule has 2 N–H and O–H groups in total. The second-order valence-electron chi connectivity index (χ2n) is 8.56. The highest BCUT2D eigenvalue weighted by Crippen LogP contribution is 2.33. The Balaban J connectivity index is 1.25. The van der Waals surface area contributed by atoms with Gasteiger partial charge in [-0.2, -0.15) is 5.10 Å². The Morgan fingerprint density at radius 1 is 1.03 bits per heavy atom. The Hall–Kier alpha value is -2.30. The number of halogens is 1. The van der Waals surface area contributed by atoms with Crippen molar-refractivity contribution in [1.82, 2.24) is 15.1 Å². The Morgan fingerprint density at radius 2 is 1.87 bits per heavy atom. The van der Waals surface area contributed by atoms with Gasteiger partial charge in [-0.15, -0.1) is 0 Å². The summed E-state index contributed by atoms with van der Waals surface area (Å²) in [6.07, 6.45) is 9.33. The van der Waals surface area contributed by atoms with E-state index in [0.29, 0.717) is 0 Å². The molecular formula is C25H29ClN4. The van der Waals surface area contributed by atoms with Crippen molar-refractivity contribution in [2.75, 3.05) is 18.4 Å². The van der Waals surface area contributed by atoms with Crippen LogP contribution in [0.4, 0.5) is 5.69 Å². The molecule has 0 saturated heterocycles. The van der Waals surface area contributed by atoms with Crippen LogP contribution in [0.2, 0.25) is 5.02 Å². The highest BCUT2D eigenvalue weighted by atomic mass is 35.5. The number of fused-ring (bicyclic) bond motifs is 1. The third-order valence-corrected chi connectivity index (χ3v) is 6.62. The summed E-state index contributed by atoms with van der Waals surface area (Å²) in [7, 11) is 0. The third kappa shape index (κ3) is 4.55. The lowest BCUT2D eigenvalue weighted by atomic mass is 10.0. The van der Waals surface area contributed by atoms with E-state index in [1.807, 2.05) is 10.7 Å². The van der Waals surface area contributed by atoms with Gasteiger partial charge < -0.3 is 10.6 Å². The normalized spacial score (nSPS) is 16.2. The molecule has 156 valence electrons. The summed E-state index contributed by atoms with van der Waals surface area (Å²) in [6.45, 7) is 2.80. The van der Waals surface area contributed by atoms with E-state index in [1.54, 1.807) is 0 Å². The molecule has 0 spiro atoms. The van der Waals surface area contributed by atoms with Crippen molar-refractivity contribution in [3.05, 3.63) is 76.1 Å². The highest BCUT2D eigenvalue weighted by Gasteiger charge is 2.21. The fraction of sp³-hybridized carbons (Fsp3) is 0.400. The Morgan fingerprint density at radius 3 is 2.70 bits per heavy atom. The Labute approximate surface area is 183 Å². The second kappa shape index (κ2) is 8.83. The lowest BCUT2D eigenvalue weighted by Gasteiger charge is -2.16. The average Bonchev–Trinajstić information content (AvgIpc) is 3.53. The van der Waals surface area contributed by atoms with E-state index < -0.39 is 0 Å². The maximum Gasteiger partial charge on any atom is 0.0645 e. The largest absolute Gasteiger partial charge is 0.380 e. The van der Waals surface area contributed by atoms with E-state index in [-0.39, 0.29) is 0 Å². The van der Waals surface area contributed by atoms with Crippen LogP contribution in [0.5, 0.6) is 0 Å². The number of rotatable bonds is 7. The number of benzene rings is 2. The number of nitrogens with zero attached hydrogens (tertiary/aromatic N) is 2. The third-order valence-electron chi connectivity index (χ3n) is 6.30. The lowest BCUT2D eigenvalue weighted by Crippen LogP contribution is -2.16. The smallest absolute Gasteiger partial charge is 0.0645 e. The molecule has 2 aromatic carbocycles. The standard InChI is InChI=1S/C25H29ClN4/c26-24-10-6-20-11-14-27-15-12-23(20)25(24)28-17-19-4-8-22(9-5-19)30-16-13-21(29-30)7-3-18-1-2-18/h4-6,8-10,13,16,18,27-28H,1-3,7,11-12,14-15,17H2. The summed E-state index contributed by atoms with van der Waals surface area (Å²) >= 11 is 6.54. The molecular weight excluding hydrogens is 392 g/mol. The Kier molecular flexibility index (Phi) is 5.78. The lowest BCUT2D eigenvalue weighted by molar-refractivity contribution is 0.702. The van der Waals surface area contributed by atoms with Gasteiger partial charge in [0.2, 0.25) is 0 Å². The molecule has 4 nitrogen and oxygen atoms in total. The number of hydrogen-bond acceptors (Lipinski definition) is 3. The van der Waals surface area contributed by atoms with Crippen LogP contribution in [0.3, 0.4) is 0 Å². The van der Waals surface area contributed by atoms with Gasteiger partial charge in [0, 0.05) is 12.7 Å². The molecule has 2 heterocycles. The van der Waals surface area contributed by atoms with Gasteiger partial charge in [-0.1, -0.05) is 42.6 Å². The van der Waals surface area contributed by atoms with Crippen LogP contribution in [0.25, 0.3) is 5.69 Å². The number of anilines is 1. The first-order chi connectivity index (χ1) is 14.8. The quantitative estimate of drug-likeness (QED) is 0.554. The predicted molar refractivity (Wildman–Crippen MR) is 124 cm³/mol. The van der Waals surface area contributed by atoms with E-state index in [9.17, 15) is 0 Å². The first-order valence-corrected chi connectivity index (χ1v) is 11.5. The molecule has 0 bridgehead atoms. The summed E-state index contributed by atoms with van der Waals surface area (Å²) < 4.78 is 1.99. The van der Waals surface area contributed by atoms with Gasteiger partial charge in [0.05, 0.1) is 22.1 Å². The van der Waals surface area contributed by atoms with Crippen LogP contribution < -0.4 is 10.6 Å². The van der Waals surface area contributed by atoms with Crippen LogP contribution in [-0.4, -0.2) is 22.9 Å². The minimum Gasteiger partial charge on any atom is -0.380 e. The van der Waals surface area contributed by atoms with Gasteiger partial charge in [0.15, 0.2) is 0 Å². The molecule has 1 aliphatic heterocycles. The van der Waals surface area contributed by atoms with Gasteiger partial charge in [0.25, 0.3) is 0 Å². The zero-order chi connectivity index (χ0) is 20.3. The number of aryl methyl sites for hydroxylation is 1. The summed E-state index contributed by atoms with van der Waals surface area (Å²) in [5, 5.41) is 12.6. The van der Waals surface area contributed by atoms with Gasteiger partial charge in [0.1, 0.15) is 0 Å². The summed E-state index contributed by atoms with van der Waals surface area (Å²) in [5.41, 5.74) is 7.39. The molecule has 2 aliphatic rings. The molecule has 0 amide bonds. The number of nitrogens with one attached hydrogen (secondary N) is 2. The van der Waals surface area contributed by atoms with Crippen molar-refractivity contribution in [1.29, 1.82) is 0 Å². The summed E-state index contributed by atoms with van der Waals surface area (Å²) in [6, 6.07) is 15.0. The summed E-state index contributed by atoms with van der Waals surface area (Å²) in [4.78, 5) is 0. The van der Waals surface area contributed by atoms with E-state index in [2.05, 4.69) is 53.2 Å². The van der Waals surface area contributed by atoms with Crippen molar-refractivity contribution >= 4 is 17.3 Å². The van der Waals surface area contributed by atoms with Crippen LogP contribution in [0.1, 0.15) is 41.6 Å². The van der Waals surface area contributed by atoms with E-state index in [0.717, 1.165) is 61.2 Å². The van der Waals surface area contributed by atoms with Crippen molar-refractivity contribution in [3.63, 3.8) is 0 Å². The maximum absolute atomic E-state index is 6.54. The molecule has 5 heteroatoms. The SMILES string of the molecule is Clc1ccc2c(c1NCc1ccc(-n3ccc(CCC4CC4)n3)cc1)CCNCC2. The molecule has 0 atom stereocenters. The van der Waals surface area contributed by atoms with Crippen molar-refractivity contribution < 1.29 is 0 Å². The van der Waals surface area contributed by atoms with Crippen molar-refractivity contribution in [2.24, 2.45) is 5.92 Å². The van der Waals surface area contributed by atoms with Crippen LogP contribution in [0, 0.1) is 5.92 Å². The molecule has 30 heavy (non-hydrogen) atoms. The molecule has 5 rings (SSSR count). The first-order valence-electron chi connectivity index (χ1n) is 11.1. The Bertz CT molecular complexity index is 1000. The number of aromatic nitrogens is 2. The monoisotopic (exact) mass is 420 g/mol. The number of hydrogen-bond donors (Lipinski definition) is 2. The predicted octanol–water partition coefficient (Wildman–Crippen LogP) is 5.17. The first kappa shape index (κ1) is 19.7. The van der Waals surface area contributed by atoms with E-state index in [4.69, 9.17) is 16.7 Å². The minimum atomic E-state index is 0.760. The van der Waals surface area contributed by atoms with E-state index in [1.165, 1.54) is 41.6 Å². The molecule has 1 saturated carbocycles. The highest BCUT2D eigenvalue weighted by molar-refractivity contribution is 6.33. The summed E-state index contributed by atoms with van der Waals surface area (Å²) in [5.74, 6) is 0.950. The van der Waals surface area contributed by atoms with Gasteiger partial charge >= 0.3 is 0 Å². The van der Waals surface area contributed by atoms with Crippen LogP contribution in [0.15, 0.2) is 48.7 Å². The van der Waals surface area contributed by atoms with Crippen molar-refractivity contribution in [2.45, 2.75) is 45.1 Å². The molecule has 0 radical (unpaired) electrons. The topological polar surface area (TPSA) is 41.9 Å². The molecule has 1 aliphatic carbocycles. The zero-order valence-electron chi connectivity index (χ0n) is 17.3. The zero-order valence-corrected chi connectivity index (χ0v) is 18.1. The average molecular weight is 421 g/mol. The van der Waals surface area contributed by atoms with Gasteiger partial charge in [-0.3, -0.25) is 0 Å². The fourth-order valence-corrected chi connectivity index (χ4v) is 4.53. The molecule has 1 fully saturated rings. The van der Waals surface area contributed by atoms with Crippen LogP contribution in [-0.2, 0) is 25.8 Å². The fourth-order valence-electron chi connectivity index (χ4n) is 4.29. The molecule has 0 unspecified atom stereocenters. The van der Waals surface area contributed by atoms with E-state index >= 15 is 0 Å². The minimum absolute atomic E-state index is 0.760. The molecule has 1 aromatic heterocycles. The van der Waals surface area contributed by atoms with Gasteiger partial charge in [-0.05, 0) is 85.6 Å². The molecule has 3 aromatic rings.